The molecule has 0 N–H and O–H groups in total. The van der Waals surface area contributed by atoms with E-state index in [1.165, 1.54) is 32.1 Å². The van der Waals surface area contributed by atoms with Gasteiger partial charge in [-0.25, -0.2) is 4.39 Å². The van der Waals surface area contributed by atoms with Crippen molar-refractivity contribution in [2.45, 2.75) is 114 Å². The molecule has 1 atom stereocenters. The Labute approximate surface area is 179 Å². The molecule has 0 radical (unpaired) electrons. The number of rotatable bonds is 6. The summed E-state index contributed by atoms with van der Waals surface area (Å²) in [4.78, 5) is 12.5. The highest BCUT2D eigenvalue weighted by molar-refractivity contribution is 5.72. The van der Waals surface area contributed by atoms with Crippen molar-refractivity contribution in [2.24, 2.45) is 17.8 Å². The number of esters is 1. The standard InChI is InChI=1S/C22H32F6O3/c23-20(21(24,25)22(26,27)28)31-18-12-10-17(11-13-18)30-19(29)16-8-6-15(7-9-16)14-4-2-1-3-5-14/h14-18,20H,1-13H2. The Morgan fingerprint density at radius 1 is 0.710 bits per heavy atom. The molecule has 3 fully saturated rings. The van der Waals surface area contributed by atoms with Crippen molar-refractivity contribution in [3.05, 3.63) is 0 Å². The third-order valence-electron chi connectivity index (χ3n) is 7.30. The number of alkyl halides is 6. The number of ether oxygens (including phenoxy) is 2. The van der Waals surface area contributed by atoms with E-state index in [9.17, 15) is 31.1 Å². The molecule has 0 aromatic heterocycles. The molecule has 3 rings (SSSR count). The molecule has 9 heteroatoms. The number of hydrogen-bond acceptors (Lipinski definition) is 3. The van der Waals surface area contributed by atoms with Crippen molar-refractivity contribution < 1.29 is 40.6 Å². The van der Waals surface area contributed by atoms with Crippen molar-refractivity contribution in [3.8, 4) is 0 Å². The van der Waals surface area contributed by atoms with Crippen LogP contribution in [0.3, 0.4) is 0 Å². The van der Waals surface area contributed by atoms with Crippen LogP contribution in [0.2, 0.25) is 0 Å². The first-order chi connectivity index (χ1) is 14.6. The average Bonchev–Trinajstić information content (AvgIpc) is 2.75. The largest absolute Gasteiger partial charge is 0.462 e. The summed E-state index contributed by atoms with van der Waals surface area (Å²) < 4.78 is 86.0. The van der Waals surface area contributed by atoms with E-state index in [2.05, 4.69) is 4.74 Å². The zero-order valence-electron chi connectivity index (χ0n) is 17.6. The normalized spacial score (nSPS) is 32.5. The van der Waals surface area contributed by atoms with Crippen molar-refractivity contribution in [3.63, 3.8) is 0 Å². The van der Waals surface area contributed by atoms with Gasteiger partial charge in [0.1, 0.15) is 6.10 Å². The summed E-state index contributed by atoms with van der Waals surface area (Å²) in [6.45, 7) is 0. The predicted molar refractivity (Wildman–Crippen MR) is 101 cm³/mol. The first-order valence-electron chi connectivity index (χ1n) is 11.5. The van der Waals surface area contributed by atoms with E-state index >= 15 is 0 Å². The van der Waals surface area contributed by atoms with Gasteiger partial charge in [0, 0.05) is 0 Å². The molecule has 31 heavy (non-hydrogen) atoms. The topological polar surface area (TPSA) is 35.5 Å². The summed E-state index contributed by atoms with van der Waals surface area (Å²) in [6.07, 6.45) is -0.347. The Bertz CT molecular complexity index is 574. The summed E-state index contributed by atoms with van der Waals surface area (Å²) in [5.74, 6) is -4.45. The molecule has 0 aromatic rings. The van der Waals surface area contributed by atoms with Crippen LogP contribution in [0.25, 0.3) is 0 Å². The van der Waals surface area contributed by atoms with Gasteiger partial charge in [-0.3, -0.25) is 4.79 Å². The number of carbonyl (C=O) groups is 1. The van der Waals surface area contributed by atoms with Crippen LogP contribution in [-0.2, 0) is 14.3 Å². The molecule has 0 saturated heterocycles. The Balaban J connectivity index is 1.36. The molecular formula is C22H32F6O3. The number of carbonyl (C=O) groups excluding carboxylic acids is 1. The van der Waals surface area contributed by atoms with Crippen molar-refractivity contribution in [2.75, 3.05) is 0 Å². The van der Waals surface area contributed by atoms with E-state index in [0.29, 0.717) is 5.92 Å². The van der Waals surface area contributed by atoms with Gasteiger partial charge in [0.2, 0.25) is 0 Å². The minimum Gasteiger partial charge on any atom is -0.462 e. The van der Waals surface area contributed by atoms with Crippen LogP contribution >= 0.6 is 0 Å². The molecule has 3 saturated carbocycles. The van der Waals surface area contributed by atoms with Gasteiger partial charge in [0.05, 0.1) is 12.0 Å². The Kier molecular flexibility index (Phi) is 8.19. The van der Waals surface area contributed by atoms with Crippen molar-refractivity contribution >= 4 is 5.97 Å². The first kappa shape index (κ1) is 24.6. The van der Waals surface area contributed by atoms with E-state index in [1.54, 1.807) is 0 Å². The van der Waals surface area contributed by atoms with E-state index < -0.39 is 30.7 Å². The summed E-state index contributed by atoms with van der Waals surface area (Å²) in [6, 6.07) is 0. The molecule has 0 bridgehead atoms. The van der Waals surface area contributed by atoms with E-state index in [4.69, 9.17) is 4.74 Å². The fraction of sp³-hybridized carbons (Fsp3) is 0.955. The molecule has 0 aliphatic heterocycles. The lowest BCUT2D eigenvalue weighted by atomic mass is 9.71. The predicted octanol–water partition coefficient (Wildman–Crippen LogP) is 6.74. The van der Waals surface area contributed by atoms with Crippen molar-refractivity contribution in [1.29, 1.82) is 0 Å². The third-order valence-corrected chi connectivity index (χ3v) is 7.30. The average molecular weight is 458 g/mol. The monoisotopic (exact) mass is 458 g/mol. The minimum absolute atomic E-state index is 0.0702. The summed E-state index contributed by atoms with van der Waals surface area (Å²) in [5, 5.41) is 0. The smallest absolute Gasteiger partial charge is 0.459 e. The van der Waals surface area contributed by atoms with Gasteiger partial charge < -0.3 is 9.47 Å². The van der Waals surface area contributed by atoms with Crippen LogP contribution in [-0.4, -0.2) is 36.6 Å². The highest BCUT2D eigenvalue weighted by Crippen LogP contribution is 2.42. The van der Waals surface area contributed by atoms with E-state index in [1.807, 2.05) is 0 Å². The lowest BCUT2D eigenvalue weighted by Crippen LogP contribution is -2.47. The lowest BCUT2D eigenvalue weighted by Gasteiger charge is -2.36. The van der Waals surface area contributed by atoms with Gasteiger partial charge in [-0.15, -0.1) is 0 Å². The van der Waals surface area contributed by atoms with Gasteiger partial charge >= 0.3 is 18.1 Å². The lowest BCUT2D eigenvalue weighted by molar-refractivity contribution is -0.347. The van der Waals surface area contributed by atoms with Gasteiger partial charge in [0.25, 0.3) is 6.36 Å². The Hall–Kier alpha value is -0.990. The highest BCUT2D eigenvalue weighted by atomic mass is 19.4. The second kappa shape index (κ2) is 10.3. The highest BCUT2D eigenvalue weighted by Gasteiger charge is 2.64. The van der Waals surface area contributed by atoms with Crippen LogP contribution in [0.5, 0.6) is 0 Å². The zero-order valence-corrected chi connectivity index (χ0v) is 17.6. The fourth-order valence-electron chi connectivity index (χ4n) is 5.36. The third kappa shape index (κ3) is 6.29. The SMILES string of the molecule is O=C(OC1CCC(OC(F)C(F)(F)C(F)(F)F)CC1)C1CCC(C2CCCCC2)CC1. The maximum absolute atomic E-state index is 13.4. The van der Waals surface area contributed by atoms with Gasteiger partial charge in [-0.2, -0.15) is 22.0 Å². The summed E-state index contributed by atoms with van der Waals surface area (Å²) >= 11 is 0. The molecule has 0 aromatic carbocycles. The fourth-order valence-corrected chi connectivity index (χ4v) is 5.36. The van der Waals surface area contributed by atoms with Gasteiger partial charge in [0.15, 0.2) is 0 Å². The quantitative estimate of drug-likeness (QED) is 0.327. The first-order valence-corrected chi connectivity index (χ1v) is 11.5. The number of halogens is 6. The summed E-state index contributed by atoms with van der Waals surface area (Å²) in [5.41, 5.74) is 0. The minimum atomic E-state index is -6.00. The second-order valence-electron chi connectivity index (χ2n) is 9.42. The van der Waals surface area contributed by atoms with Crippen LogP contribution in [0, 0.1) is 17.8 Å². The van der Waals surface area contributed by atoms with Crippen LogP contribution in [0.1, 0.15) is 83.5 Å². The molecule has 0 heterocycles. The molecule has 180 valence electrons. The van der Waals surface area contributed by atoms with Crippen molar-refractivity contribution in [1.82, 2.24) is 0 Å². The molecular weight excluding hydrogens is 426 g/mol. The van der Waals surface area contributed by atoms with Crippen LogP contribution < -0.4 is 0 Å². The zero-order chi connectivity index (χ0) is 22.6. The molecule has 3 aliphatic carbocycles. The molecule has 3 nitrogen and oxygen atoms in total. The Morgan fingerprint density at radius 2 is 1.23 bits per heavy atom. The van der Waals surface area contributed by atoms with E-state index in [-0.39, 0.29) is 37.6 Å². The maximum atomic E-state index is 13.4. The van der Waals surface area contributed by atoms with Gasteiger partial charge in [-0.1, -0.05) is 32.1 Å². The molecule has 0 spiro atoms. The molecule has 1 unspecified atom stereocenters. The van der Waals surface area contributed by atoms with E-state index in [0.717, 1.165) is 31.6 Å². The molecule has 0 amide bonds. The number of hydrogen-bond donors (Lipinski definition) is 0. The summed E-state index contributed by atoms with van der Waals surface area (Å²) in [7, 11) is 0. The van der Waals surface area contributed by atoms with Crippen LogP contribution in [0.4, 0.5) is 26.3 Å². The molecule has 3 aliphatic rings. The van der Waals surface area contributed by atoms with Crippen LogP contribution in [0.15, 0.2) is 0 Å². The second-order valence-corrected chi connectivity index (χ2v) is 9.42. The Morgan fingerprint density at radius 3 is 1.77 bits per heavy atom. The maximum Gasteiger partial charge on any atom is 0.459 e. The van der Waals surface area contributed by atoms with Gasteiger partial charge in [-0.05, 0) is 63.2 Å².